The number of benzene rings is 2. The number of methoxy groups -OCH3 is 2. The van der Waals surface area contributed by atoms with Gasteiger partial charge in [-0.25, -0.2) is 4.99 Å². The van der Waals surface area contributed by atoms with Crippen molar-refractivity contribution in [2.45, 2.75) is 26.8 Å². The number of likely N-dealkylation sites (N-methyl/N-ethyl adjacent to an activating group) is 1. The summed E-state index contributed by atoms with van der Waals surface area (Å²) in [5.41, 5.74) is 2.53. The second-order valence-corrected chi connectivity index (χ2v) is 11.7. The summed E-state index contributed by atoms with van der Waals surface area (Å²) in [5, 5.41) is 0. The first-order valence-electron chi connectivity index (χ1n) is 11.7. The Morgan fingerprint density at radius 2 is 1.78 bits per heavy atom. The standard InChI is InChI=1S/C27H27I2N3O4S/c1-6-31(7-2)26(34)22-15(3)30-27-32(23(22)17-10-8-9-11-20(17)35-4)25(33)21(37-27)14-16-12-18(28)24(36-5)19(29)13-16/h8-14,23H,6-7H2,1-5H3/b21-14+/t23-/m1/s1. The number of aromatic nitrogens is 1. The molecule has 0 N–H and O–H groups in total. The number of fused-ring (bicyclic) bond motifs is 1. The minimum atomic E-state index is -0.654. The molecule has 0 spiro atoms. The van der Waals surface area contributed by atoms with Crippen LogP contribution >= 0.6 is 56.5 Å². The lowest BCUT2D eigenvalue weighted by atomic mass is 9.94. The van der Waals surface area contributed by atoms with E-state index < -0.39 is 6.04 Å². The van der Waals surface area contributed by atoms with Crippen LogP contribution in [-0.4, -0.2) is 42.7 Å². The van der Waals surface area contributed by atoms with Crippen LogP contribution in [0.1, 0.15) is 37.9 Å². The molecule has 4 rings (SSSR count). The van der Waals surface area contributed by atoms with Gasteiger partial charge in [0.05, 0.1) is 37.2 Å². The zero-order valence-electron chi connectivity index (χ0n) is 21.2. The van der Waals surface area contributed by atoms with Gasteiger partial charge in [0.2, 0.25) is 0 Å². The lowest BCUT2D eigenvalue weighted by Gasteiger charge is -2.29. The lowest BCUT2D eigenvalue weighted by Crippen LogP contribution is -2.43. The number of para-hydroxylation sites is 1. The molecule has 7 nitrogen and oxygen atoms in total. The van der Waals surface area contributed by atoms with E-state index in [0.717, 1.165) is 24.0 Å². The summed E-state index contributed by atoms with van der Waals surface area (Å²) in [5.74, 6) is 1.29. The molecule has 2 heterocycles. The van der Waals surface area contributed by atoms with Gasteiger partial charge < -0.3 is 14.4 Å². The van der Waals surface area contributed by atoms with Crippen molar-refractivity contribution >= 4 is 68.5 Å². The Morgan fingerprint density at radius 3 is 2.38 bits per heavy atom. The molecule has 1 aliphatic rings. The third kappa shape index (κ3) is 5.24. The largest absolute Gasteiger partial charge is 0.496 e. The summed E-state index contributed by atoms with van der Waals surface area (Å²) in [7, 11) is 3.24. The number of ether oxygens (including phenoxy) is 2. The molecule has 37 heavy (non-hydrogen) atoms. The Morgan fingerprint density at radius 1 is 1.14 bits per heavy atom. The Labute approximate surface area is 246 Å². The van der Waals surface area contributed by atoms with Crippen LogP contribution in [0.2, 0.25) is 0 Å². The Kier molecular flexibility index (Phi) is 8.79. The van der Waals surface area contributed by atoms with Crippen molar-refractivity contribution in [3.8, 4) is 11.5 Å². The van der Waals surface area contributed by atoms with Gasteiger partial charge in [-0.05, 0) is 95.8 Å². The van der Waals surface area contributed by atoms with Crippen LogP contribution in [0.15, 0.2) is 57.5 Å². The maximum absolute atomic E-state index is 13.9. The molecule has 1 aliphatic heterocycles. The van der Waals surface area contributed by atoms with E-state index in [1.165, 1.54) is 11.3 Å². The lowest BCUT2D eigenvalue weighted by molar-refractivity contribution is -0.127. The van der Waals surface area contributed by atoms with E-state index in [1.807, 2.05) is 63.2 Å². The molecule has 0 unspecified atom stereocenters. The first-order chi connectivity index (χ1) is 17.7. The molecule has 1 atom stereocenters. The molecule has 10 heteroatoms. The van der Waals surface area contributed by atoms with E-state index in [0.29, 0.717) is 39.4 Å². The van der Waals surface area contributed by atoms with Crippen molar-refractivity contribution < 1.29 is 14.3 Å². The number of carbonyl (C=O) groups is 1. The number of amides is 1. The van der Waals surface area contributed by atoms with Crippen LogP contribution in [0, 0.1) is 7.14 Å². The first-order valence-corrected chi connectivity index (χ1v) is 14.7. The molecule has 1 amide bonds. The molecule has 0 saturated heterocycles. The highest BCUT2D eigenvalue weighted by Crippen LogP contribution is 2.36. The van der Waals surface area contributed by atoms with Gasteiger partial charge >= 0.3 is 0 Å². The Bertz CT molecular complexity index is 1550. The zero-order chi connectivity index (χ0) is 26.9. The highest BCUT2D eigenvalue weighted by Gasteiger charge is 2.35. The third-order valence-corrected chi connectivity index (χ3v) is 8.84. The quantitative estimate of drug-likeness (QED) is 0.338. The van der Waals surface area contributed by atoms with Crippen LogP contribution in [-0.2, 0) is 4.79 Å². The second kappa shape index (κ2) is 11.7. The third-order valence-electron chi connectivity index (χ3n) is 6.26. The molecule has 2 aromatic carbocycles. The SMILES string of the molecule is CCN(CC)C(=O)C1=C(C)N=c2s/c(=C/c3cc(I)c(OC)c(I)c3)c(=O)n2[C@@H]1c1ccccc1OC. The van der Waals surface area contributed by atoms with E-state index >= 15 is 0 Å². The Hall–Kier alpha value is -2.19. The smallest absolute Gasteiger partial charge is 0.271 e. The molecule has 0 fully saturated rings. The van der Waals surface area contributed by atoms with Crippen molar-refractivity contribution in [1.29, 1.82) is 0 Å². The monoisotopic (exact) mass is 743 g/mol. The maximum Gasteiger partial charge on any atom is 0.271 e. The van der Waals surface area contributed by atoms with Gasteiger partial charge in [-0.15, -0.1) is 0 Å². The number of hydrogen-bond donors (Lipinski definition) is 0. The predicted molar refractivity (Wildman–Crippen MR) is 163 cm³/mol. The summed E-state index contributed by atoms with van der Waals surface area (Å²) in [6, 6.07) is 10.8. The molecular formula is C27H27I2N3O4S. The number of halogens is 2. The van der Waals surface area contributed by atoms with Crippen molar-refractivity contribution in [3.05, 3.63) is 85.6 Å². The number of hydrogen-bond acceptors (Lipinski definition) is 6. The fraction of sp³-hybridized carbons (Fsp3) is 0.296. The number of nitrogens with zero attached hydrogens (tertiary/aromatic N) is 3. The van der Waals surface area contributed by atoms with E-state index in [4.69, 9.17) is 14.5 Å². The number of allylic oxidation sites excluding steroid dienone is 1. The van der Waals surface area contributed by atoms with Gasteiger partial charge in [0.15, 0.2) is 4.80 Å². The molecule has 194 valence electrons. The van der Waals surface area contributed by atoms with Crippen LogP contribution in [0.25, 0.3) is 6.08 Å². The van der Waals surface area contributed by atoms with Crippen LogP contribution < -0.4 is 24.4 Å². The fourth-order valence-corrected chi connectivity index (χ4v) is 7.78. The molecular weight excluding hydrogens is 716 g/mol. The van der Waals surface area contributed by atoms with Crippen LogP contribution in [0.5, 0.6) is 11.5 Å². The number of rotatable bonds is 7. The van der Waals surface area contributed by atoms with Gasteiger partial charge in [0.25, 0.3) is 11.5 Å². The van der Waals surface area contributed by atoms with Crippen molar-refractivity contribution in [2.75, 3.05) is 27.3 Å². The average Bonchev–Trinajstić information content (AvgIpc) is 3.17. The van der Waals surface area contributed by atoms with E-state index in [-0.39, 0.29) is 11.5 Å². The van der Waals surface area contributed by atoms with Crippen molar-refractivity contribution in [1.82, 2.24) is 9.47 Å². The van der Waals surface area contributed by atoms with Crippen LogP contribution in [0.4, 0.5) is 0 Å². The molecule has 0 saturated carbocycles. The van der Waals surface area contributed by atoms with Gasteiger partial charge in [-0.3, -0.25) is 14.2 Å². The van der Waals surface area contributed by atoms with Gasteiger partial charge in [-0.1, -0.05) is 29.5 Å². The summed E-state index contributed by atoms with van der Waals surface area (Å²) >= 11 is 5.79. The first kappa shape index (κ1) is 27.8. The molecule has 0 aliphatic carbocycles. The van der Waals surface area contributed by atoms with Crippen molar-refractivity contribution in [2.24, 2.45) is 4.99 Å². The van der Waals surface area contributed by atoms with Gasteiger partial charge in [-0.2, -0.15) is 0 Å². The van der Waals surface area contributed by atoms with Crippen molar-refractivity contribution in [3.63, 3.8) is 0 Å². The normalized spacial score (nSPS) is 15.3. The van der Waals surface area contributed by atoms with Gasteiger partial charge in [0.1, 0.15) is 17.5 Å². The summed E-state index contributed by atoms with van der Waals surface area (Å²) < 4.78 is 15.2. The van der Waals surface area contributed by atoms with E-state index in [9.17, 15) is 9.59 Å². The minimum Gasteiger partial charge on any atom is -0.496 e. The van der Waals surface area contributed by atoms with Gasteiger partial charge in [0, 0.05) is 18.7 Å². The number of thiazole rings is 1. The minimum absolute atomic E-state index is 0.129. The highest BCUT2D eigenvalue weighted by atomic mass is 127. The molecule has 1 aromatic heterocycles. The topological polar surface area (TPSA) is 73.1 Å². The summed E-state index contributed by atoms with van der Waals surface area (Å²) in [4.78, 5) is 34.7. The Balaban J connectivity index is 1.99. The molecule has 0 bridgehead atoms. The number of carbonyl (C=O) groups excluding carboxylic acids is 1. The van der Waals surface area contributed by atoms with E-state index in [2.05, 4.69) is 45.2 Å². The molecule has 0 radical (unpaired) electrons. The summed E-state index contributed by atoms with van der Waals surface area (Å²) in [6.45, 7) is 6.85. The zero-order valence-corrected chi connectivity index (χ0v) is 26.3. The summed E-state index contributed by atoms with van der Waals surface area (Å²) in [6.07, 6.45) is 1.87. The molecule has 3 aromatic rings. The fourth-order valence-electron chi connectivity index (χ4n) is 4.47. The van der Waals surface area contributed by atoms with Crippen LogP contribution in [0.3, 0.4) is 0 Å². The van der Waals surface area contributed by atoms with E-state index in [1.54, 1.807) is 23.7 Å². The highest BCUT2D eigenvalue weighted by molar-refractivity contribution is 14.1. The second-order valence-electron chi connectivity index (χ2n) is 8.32. The maximum atomic E-state index is 13.9. The average molecular weight is 743 g/mol. The predicted octanol–water partition coefficient (Wildman–Crippen LogP) is 4.33.